The molecule has 0 saturated carbocycles. The van der Waals surface area contributed by atoms with Crippen molar-refractivity contribution in [2.45, 2.75) is 26.5 Å². The fourth-order valence-electron chi connectivity index (χ4n) is 1.78. The van der Waals surface area contributed by atoms with Crippen molar-refractivity contribution in [3.63, 3.8) is 0 Å². The molecule has 0 radical (unpaired) electrons. The number of aromatic nitrogens is 2. The van der Waals surface area contributed by atoms with Crippen LogP contribution in [0.15, 0.2) is 42.6 Å². The Morgan fingerprint density at radius 3 is 2.75 bits per heavy atom. The monoisotopic (exact) mass is 273 g/mol. The number of amides is 1. The van der Waals surface area contributed by atoms with Crippen LogP contribution in [0.2, 0.25) is 0 Å². The van der Waals surface area contributed by atoms with Gasteiger partial charge in [0, 0.05) is 18.3 Å². The van der Waals surface area contributed by atoms with Gasteiger partial charge in [0.05, 0.1) is 18.3 Å². The van der Waals surface area contributed by atoms with Crippen LogP contribution < -0.4 is 5.32 Å². The molecular formula is C15H19N3O2. The number of carbonyl (C=O) groups excluding carboxylic acids is 1. The molecule has 0 fully saturated rings. The Hall–Kier alpha value is -2.30. The zero-order valence-corrected chi connectivity index (χ0v) is 11.7. The third-order valence-electron chi connectivity index (χ3n) is 2.66. The maximum absolute atomic E-state index is 11.3. The SMILES string of the molecule is CC(C)OC(=O)NCCn1ccc(-c2ccccc2)n1. The van der Waals surface area contributed by atoms with E-state index in [9.17, 15) is 4.79 Å². The summed E-state index contributed by atoms with van der Waals surface area (Å²) in [6.45, 7) is 4.74. The van der Waals surface area contributed by atoms with Crippen molar-refractivity contribution in [2.24, 2.45) is 0 Å². The minimum atomic E-state index is -0.393. The Morgan fingerprint density at radius 2 is 2.05 bits per heavy atom. The van der Waals surface area contributed by atoms with Crippen LogP contribution in [-0.2, 0) is 11.3 Å². The van der Waals surface area contributed by atoms with E-state index in [4.69, 9.17) is 4.74 Å². The first-order valence-corrected chi connectivity index (χ1v) is 6.68. The van der Waals surface area contributed by atoms with E-state index in [1.54, 1.807) is 4.68 Å². The maximum Gasteiger partial charge on any atom is 0.407 e. The van der Waals surface area contributed by atoms with Crippen molar-refractivity contribution in [1.29, 1.82) is 0 Å². The van der Waals surface area contributed by atoms with Crippen LogP contribution >= 0.6 is 0 Å². The van der Waals surface area contributed by atoms with Crippen molar-refractivity contribution in [2.75, 3.05) is 6.54 Å². The normalized spacial score (nSPS) is 10.6. The lowest BCUT2D eigenvalue weighted by molar-refractivity contribution is 0.115. The van der Waals surface area contributed by atoms with Gasteiger partial charge in [0.25, 0.3) is 0 Å². The van der Waals surface area contributed by atoms with Crippen molar-refractivity contribution >= 4 is 6.09 Å². The molecule has 5 nitrogen and oxygen atoms in total. The van der Waals surface area contributed by atoms with E-state index in [-0.39, 0.29) is 6.10 Å². The van der Waals surface area contributed by atoms with Crippen LogP contribution in [0.1, 0.15) is 13.8 Å². The summed E-state index contributed by atoms with van der Waals surface area (Å²) < 4.78 is 6.79. The van der Waals surface area contributed by atoms with Crippen LogP contribution in [0.3, 0.4) is 0 Å². The number of carbonyl (C=O) groups is 1. The largest absolute Gasteiger partial charge is 0.447 e. The molecular weight excluding hydrogens is 254 g/mol. The first-order chi connectivity index (χ1) is 9.65. The molecule has 1 aromatic heterocycles. The van der Waals surface area contributed by atoms with Gasteiger partial charge in [0.15, 0.2) is 0 Å². The van der Waals surface area contributed by atoms with Gasteiger partial charge in [0.1, 0.15) is 0 Å². The lowest BCUT2D eigenvalue weighted by atomic mass is 10.2. The average Bonchev–Trinajstić information content (AvgIpc) is 2.88. The molecule has 0 saturated heterocycles. The predicted octanol–water partition coefficient (Wildman–Crippen LogP) is 2.68. The second-order valence-corrected chi connectivity index (χ2v) is 4.71. The standard InChI is InChI=1S/C15H19N3O2/c1-12(2)20-15(19)16-9-11-18-10-8-14(17-18)13-6-4-3-5-7-13/h3-8,10,12H,9,11H2,1-2H3,(H,16,19). The third-order valence-corrected chi connectivity index (χ3v) is 2.66. The Morgan fingerprint density at radius 1 is 1.30 bits per heavy atom. The number of benzene rings is 1. The van der Waals surface area contributed by atoms with Crippen molar-refractivity contribution < 1.29 is 9.53 Å². The predicted molar refractivity (Wildman–Crippen MR) is 77.3 cm³/mol. The molecule has 5 heteroatoms. The van der Waals surface area contributed by atoms with Gasteiger partial charge in [-0.15, -0.1) is 0 Å². The minimum Gasteiger partial charge on any atom is -0.447 e. The summed E-state index contributed by atoms with van der Waals surface area (Å²) >= 11 is 0. The highest BCUT2D eigenvalue weighted by Gasteiger charge is 2.05. The van der Waals surface area contributed by atoms with Crippen molar-refractivity contribution in [3.8, 4) is 11.3 Å². The summed E-state index contributed by atoms with van der Waals surface area (Å²) in [5.41, 5.74) is 2.01. The van der Waals surface area contributed by atoms with E-state index in [1.165, 1.54) is 0 Å². The van der Waals surface area contributed by atoms with Crippen LogP contribution in [0.4, 0.5) is 4.79 Å². The number of rotatable bonds is 5. The molecule has 0 unspecified atom stereocenters. The van der Waals surface area contributed by atoms with Gasteiger partial charge < -0.3 is 10.1 Å². The highest BCUT2D eigenvalue weighted by molar-refractivity contribution is 5.67. The molecule has 1 amide bonds. The van der Waals surface area contributed by atoms with E-state index in [1.807, 2.05) is 56.4 Å². The molecule has 2 aromatic rings. The number of ether oxygens (including phenoxy) is 1. The molecule has 0 spiro atoms. The molecule has 0 bridgehead atoms. The Labute approximate surface area is 118 Å². The number of nitrogens with one attached hydrogen (secondary N) is 1. The fourth-order valence-corrected chi connectivity index (χ4v) is 1.78. The van der Waals surface area contributed by atoms with Crippen LogP contribution in [-0.4, -0.2) is 28.5 Å². The summed E-state index contributed by atoms with van der Waals surface area (Å²) in [4.78, 5) is 11.3. The van der Waals surface area contributed by atoms with Gasteiger partial charge in [-0.1, -0.05) is 30.3 Å². The molecule has 1 heterocycles. The number of hydrogen-bond acceptors (Lipinski definition) is 3. The van der Waals surface area contributed by atoms with Gasteiger partial charge in [-0.25, -0.2) is 4.79 Å². The van der Waals surface area contributed by atoms with Gasteiger partial charge in [-0.3, -0.25) is 4.68 Å². The molecule has 0 aliphatic carbocycles. The first-order valence-electron chi connectivity index (χ1n) is 6.68. The van der Waals surface area contributed by atoms with Gasteiger partial charge >= 0.3 is 6.09 Å². The van der Waals surface area contributed by atoms with Crippen molar-refractivity contribution in [3.05, 3.63) is 42.6 Å². The summed E-state index contributed by atoms with van der Waals surface area (Å²) in [6, 6.07) is 11.9. The van der Waals surface area contributed by atoms with E-state index >= 15 is 0 Å². The molecule has 1 N–H and O–H groups in total. The van der Waals surface area contributed by atoms with E-state index < -0.39 is 6.09 Å². The highest BCUT2D eigenvalue weighted by Crippen LogP contribution is 2.15. The van der Waals surface area contributed by atoms with Crippen LogP contribution in [0.5, 0.6) is 0 Å². The lowest BCUT2D eigenvalue weighted by Crippen LogP contribution is -2.29. The second-order valence-electron chi connectivity index (χ2n) is 4.71. The number of hydrogen-bond donors (Lipinski definition) is 1. The second kappa shape index (κ2) is 6.75. The maximum atomic E-state index is 11.3. The summed E-state index contributed by atoms with van der Waals surface area (Å²) in [5.74, 6) is 0. The molecule has 0 aliphatic heterocycles. The van der Waals surface area contributed by atoms with E-state index in [2.05, 4.69) is 10.4 Å². The number of nitrogens with zero attached hydrogens (tertiary/aromatic N) is 2. The fraction of sp³-hybridized carbons (Fsp3) is 0.333. The van der Waals surface area contributed by atoms with Gasteiger partial charge in [-0.05, 0) is 19.9 Å². The number of alkyl carbamates (subject to hydrolysis) is 1. The Bertz CT molecular complexity index is 549. The van der Waals surface area contributed by atoms with Crippen molar-refractivity contribution in [1.82, 2.24) is 15.1 Å². The zero-order chi connectivity index (χ0) is 14.4. The zero-order valence-electron chi connectivity index (χ0n) is 11.7. The quantitative estimate of drug-likeness (QED) is 0.911. The van der Waals surface area contributed by atoms with E-state index in [0.717, 1.165) is 11.3 Å². The van der Waals surface area contributed by atoms with Gasteiger partial charge in [0.2, 0.25) is 0 Å². The third kappa shape index (κ3) is 4.12. The molecule has 1 aromatic carbocycles. The van der Waals surface area contributed by atoms with Crippen LogP contribution in [0, 0.1) is 0 Å². The molecule has 0 aliphatic rings. The lowest BCUT2D eigenvalue weighted by Gasteiger charge is -2.09. The van der Waals surface area contributed by atoms with Gasteiger partial charge in [-0.2, -0.15) is 5.10 Å². The summed E-state index contributed by atoms with van der Waals surface area (Å²) in [7, 11) is 0. The molecule has 20 heavy (non-hydrogen) atoms. The Kier molecular flexibility index (Phi) is 4.76. The first kappa shape index (κ1) is 14.1. The topological polar surface area (TPSA) is 56.1 Å². The average molecular weight is 273 g/mol. The van der Waals surface area contributed by atoms with Crippen LogP contribution in [0.25, 0.3) is 11.3 Å². The minimum absolute atomic E-state index is 0.107. The smallest absolute Gasteiger partial charge is 0.407 e. The molecule has 2 rings (SSSR count). The van der Waals surface area contributed by atoms with E-state index in [0.29, 0.717) is 13.1 Å². The highest BCUT2D eigenvalue weighted by atomic mass is 16.6. The Balaban J connectivity index is 1.83. The summed E-state index contributed by atoms with van der Waals surface area (Å²) in [5, 5.41) is 7.15. The molecule has 106 valence electrons. The molecule has 0 atom stereocenters. The summed E-state index contributed by atoms with van der Waals surface area (Å²) in [6.07, 6.45) is 1.40.